The molecule has 4 amide bonds. The molecule has 12 N–H and O–H groups in total. The Bertz CT molecular complexity index is 1070. The molecule has 1 saturated heterocycles. The summed E-state index contributed by atoms with van der Waals surface area (Å²) >= 11 is 0. The molecule has 1 aromatic rings. The highest BCUT2D eigenvalue weighted by Crippen LogP contribution is 2.19. The third kappa shape index (κ3) is 9.77. The standard InChI is InChI=1S/C24H36N8O7/c25-15(11-13-5-7-14(33)8-6-13)20(35)30-16(3-1-9-29-24(27)28)21(36)31-17(12-19(26)34)22(37)32-10-2-4-18(32)23(38)39/h5-8,15-18,33H,1-4,9-12,25H2,(H2,26,34)(H,30,35)(H,31,36)(H,38,39)(H4,27,28,29). The van der Waals surface area contributed by atoms with E-state index in [1.54, 1.807) is 12.1 Å². The van der Waals surface area contributed by atoms with Crippen LogP contribution in [0.5, 0.6) is 5.75 Å². The molecule has 2 rings (SSSR count). The fraction of sp³-hybridized carbons (Fsp3) is 0.500. The van der Waals surface area contributed by atoms with Gasteiger partial charge in [0, 0.05) is 13.1 Å². The first-order chi connectivity index (χ1) is 18.4. The van der Waals surface area contributed by atoms with Gasteiger partial charge in [-0.3, -0.25) is 24.2 Å². The number of carboxylic acid groups (broad SMARTS) is 1. The Hall–Kier alpha value is -4.40. The molecule has 0 bridgehead atoms. The number of carbonyl (C=O) groups excluding carboxylic acids is 4. The molecule has 0 saturated carbocycles. The summed E-state index contributed by atoms with van der Waals surface area (Å²) < 4.78 is 0. The van der Waals surface area contributed by atoms with Crippen LogP contribution in [-0.4, -0.2) is 87.9 Å². The lowest BCUT2D eigenvalue weighted by molar-refractivity contribution is -0.149. The van der Waals surface area contributed by atoms with E-state index >= 15 is 0 Å². The molecule has 15 nitrogen and oxygen atoms in total. The van der Waals surface area contributed by atoms with Crippen LogP contribution in [0, 0.1) is 0 Å². The van der Waals surface area contributed by atoms with Gasteiger partial charge in [0.05, 0.1) is 12.5 Å². The first kappa shape index (κ1) is 30.8. The van der Waals surface area contributed by atoms with Crippen LogP contribution < -0.4 is 33.6 Å². The average Bonchev–Trinajstić information content (AvgIpc) is 3.36. The summed E-state index contributed by atoms with van der Waals surface area (Å²) in [7, 11) is 0. The number of rotatable bonds is 14. The van der Waals surface area contributed by atoms with Crippen molar-refractivity contribution in [2.24, 2.45) is 27.9 Å². The van der Waals surface area contributed by atoms with Gasteiger partial charge in [0.1, 0.15) is 23.9 Å². The Balaban J connectivity index is 2.17. The molecule has 1 heterocycles. The van der Waals surface area contributed by atoms with Crippen LogP contribution in [0.3, 0.4) is 0 Å². The van der Waals surface area contributed by atoms with Crippen LogP contribution >= 0.6 is 0 Å². The number of phenolic OH excluding ortho intramolecular Hbond substituents is 1. The second-order valence-electron chi connectivity index (χ2n) is 9.25. The SMILES string of the molecule is NC(=O)CC(NC(=O)C(CCCN=C(N)N)NC(=O)C(N)Cc1ccc(O)cc1)C(=O)N1CCCC1C(=O)O. The van der Waals surface area contributed by atoms with Crippen LogP contribution in [0.4, 0.5) is 0 Å². The number of hydrogen-bond acceptors (Lipinski definition) is 8. The number of likely N-dealkylation sites (tertiary alicyclic amines) is 1. The summed E-state index contributed by atoms with van der Waals surface area (Å²) in [6.07, 6.45) is 0.554. The van der Waals surface area contributed by atoms with Crippen molar-refractivity contribution in [1.29, 1.82) is 0 Å². The van der Waals surface area contributed by atoms with Gasteiger partial charge in [-0.25, -0.2) is 4.79 Å². The summed E-state index contributed by atoms with van der Waals surface area (Å²) in [5.74, 6) is -4.40. The summed E-state index contributed by atoms with van der Waals surface area (Å²) in [6.45, 7) is 0.297. The third-order valence-electron chi connectivity index (χ3n) is 6.15. The van der Waals surface area contributed by atoms with Crippen molar-refractivity contribution in [3.05, 3.63) is 29.8 Å². The first-order valence-corrected chi connectivity index (χ1v) is 12.4. The zero-order valence-corrected chi connectivity index (χ0v) is 21.4. The van der Waals surface area contributed by atoms with Gasteiger partial charge in [-0.2, -0.15) is 0 Å². The molecule has 1 fully saturated rings. The molecule has 4 atom stereocenters. The largest absolute Gasteiger partial charge is 0.508 e. The Morgan fingerprint density at radius 1 is 1.03 bits per heavy atom. The smallest absolute Gasteiger partial charge is 0.326 e. The highest BCUT2D eigenvalue weighted by molar-refractivity contribution is 5.96. The normalized spacial score (nSPS) is 16.9. The monoisotopic (exact) mass is 548 g/mol. The van der Waals surface area contributed by atoms with Crippen molar-refractivity contribution in [2.45, 2.75) is 62.7 Å². The number of aliphatic carboxylic acids is 1. The fourth-order valence-electron chi connectivity index (χ4n) is 4.19. The quantitative estimate of drug-likeness (QED) is 0.0673. The number of aliphatic imine (C=N–C) groups is 1. The molecule has 0 aliphatic carbocycles. The lowest BCUT2D eigenvalue weighted by Crippen LogP contribution is -2.58. The number of primary amides is 1. The van der Waals surface area contributed by atoms with Crippen molar-refractivity contribution >= 4 is 35.6 Å². The predicted octanol–water partition coefficient (Wildman–Crippen LogP) is -2.76. The lowest BCUT2D eigenvalue weighted by Gasteiger charge is -2.28. The maximum Gasteiger partial charge on any atom is 0.326 e. The number of nitrogens with one attached hydrogen (secondary N) is 2. The summed E-state index contributed by atoms with van der Waals surface area (Å²) in [6, 6.07) is 1.35. The molecule has 0 spiro atoms. The van der Waals surface area contributed by atoms with Crippen LogP contribution in [0.25, 0.3) is 0 Å². The van der Waals surface area contributed by atoms with Gasteiger partial charge in [-0.1, -0.05) is 12.1 Å². The number of nitrogens with two attached hydrogens (primary N) is 4. The minimum Gasteiger partial charge on any atom is -0.508 e. The number of phenols is 1. The van der Waals surface area contributed by atoms with Gasteiger partial charge >= 0.3 is 5.97 Å². The predicted molar refractivity (Wildman–Crippen MR) is 140 cm³/mol. The van der Waals surface area contributed by atoms with E-state index in [0.717, 1.165) is 4.90 Å². The molecule has 1 aliphatic heterocycles. The Morgan fingerprint density at radius 2 is 1.67 bits per heavy atom. The lowest BCUT2D eigenvalue weighted by atomic mass is 10.0. The van der Waals surface area contributed by atoms with E-state index in [1.165, 1.54) is 12.1 Å². The first-order valence-electron chi connectivity index (χ1n) is 12.4. The molecule has 39 heavy (non-hydrogen) atoms. The van der Waals surface area contributed by atoms with Crippen molar-refractivity contribution in [3.63, 3.8) is 0 Å². The van der Waals surface area contributed by atoms with E-state index in [0.29, 0.717) is 12.0 Å². The molecular formula is C24H36N8O7. The minimum absolute atomic E-state index is 0.0537. The van der Waals surface area contributed by atoms with Crippen molar-refractivity contribution in [1.82, 2.24) is 15.5 Å². The molecule has 1 aromatic carbocycles. The van der Waals surface area contributed by atoms with Gasteiger partial charge in [0.15, 0.2) is 5.96 Å². The van der Waals surface area contributed by atoms with Gasteiger partial charge in [-0.05, 0) is 49.8 Å². The second kappa shape index (κ2) is 14.5. The second-order valence-corrected chi connectivity index (χ2v) is 9.25. The highest BCUT2D eigenvalue weighted by atomic mass is 16.4. The van der Waals surface area contributed by atoms with Crippen LogP contribution in [-0.2, 0) is 30.4 Å². The highest BCUT2D eigenvalue weighted by Gasteiger charge is 2.39. The van der Waals surface area contributed by atoms with E-state index in [4.69, 9.17) is 22.9 Å². The molecule has 4 unspecified atom stereocenters. The molecule has 214 valence electrons. The summed E-state index contributed by atoms with van der Waals surface area (Å²) in [5.41, 5.74) is 22.7. The van der Waals surface area contributed by atoms with Crippen LogP contribution in [0.1, 0.15) is 37.7 Å². The van der Waals surface area contributed by atoms with E-state index in [1.807, 2.05) is 0 Å². The van der Waals surface area contributed by atoms with Gasteiger partial charge in [0.25, 0.3) is 0 Å². The number of aromatic hydroxyl groups is 1. The van der Waals surface area contributed by atoms with Gasteiger partial charge < -0.3 is 48.7 Å². The van der Waals surface area contributed by atoms with E-state index in [9.17, 15) is 34.2 Å². The van der Waals surface area contributed by atoms with Crippen LogP contribution in [0.15, 0.2) is 29.3 Å². The van der Waals surface area contributed by atoms with E-state index in [2.05, 4.69) is 15.6 Å². The molecule has 1 aliphatic rings. The molecule has 0 aromatic heterocycles. The van der Waals surface area contributed by atoms with Crippen molar-refractivity contribution < 1.29 is 34.2 Å². The molecule has 15 heteroatoms. The molecular weight excluding hydrogens is 512 g/mol. The minimum atomic E-state index is -1.43. The summed E-state index contributed by atoms with van der Waals surface area (Å²) in [4.78, 5) is 67.4. The van der Waals surface area contributed by atoms with E-state index < -0.39 is 60.2 Å². The topological polar surface area (TPSA) is 270 Å². The van der Waals surface area contributed by atoms with Crippen molar-refractivity contribution in [2.75, 3.05) is 13.1 Å². The molecule has 0 radical (unpaired) electrons. The maximum atomic E-state index is 13.2. The van der Waals surface area contributed by atoms with E-state index in [-0.39, 0.29) is 50.5 Å². The number of carbonyl (C=O) groups is 5. The van der Waals surface area contributed by atoms with Gasteiger partial charge in [-0.15, -0.1) is 0 Å². The number of benzene rings is 1. The maximum absolute atomic E-state index is 13.2. The third-order valence-corrected chi connectivity index (χ3v) is 6.15. The Kier molecular flexibility index (Phi) is 11.5. The Morgan fingerprint density at radius 3 is 2.26 bits per heavy atom. The zero-order chi connectivity index (χ0) is 29.1. The fourth-order valence-corrected chi connectivity index (χ4v) is 4.19. The number of hydrogen-bond donors (Lipinski definition) is 8. The average molecular weight is 549 g/mol. The number of amides is 4. The number of carboxylic acids is 1. The van der Waals surface area contributed by atoms with Crippen LogP contribution in [0.2, 0.25) is 0 Å². The Labute approximate surface area is 225 Å². The zero-order valence-electron chi connectivity index (χ0n) is 21.4. The van der Waals surface area contributed by atoms with Crippen molar-refractivity contribution in [3.8, 4) is 5.75 Å². The number of nitrogens with zero attached hydrogens (tertiary/aromatic N) is 2. The van der Waals surface area contributed by atoms with Gasteiger partial charge in [0.2, 0.25) is 23.6 Å². The summed E-state index contributed by atoms with van der Waals surface area (Å²) in [5, 5.41) is 23.9. The number of guanidine groups is 1.